The second-order valence-electron chi connectivity index (χ2n) is 4.13. The van der Waals surface area contributed by atoms with Crippen LogP contribution in [0, 0.1) is 0 Å². The van der Waals surface area contributed by atoms with Gasteiger partial charge in [0.2, 0.25) is 0 Å². The van der Waals surface area contributed by atoms with Gasteiger partial charge in [0.25, 0.3) is 0 Å². The van der Waals surface area contributed by atoms with E-state index < -0.39 is 0 Å². The largest absolute Gasteiger partial charge is 0.289 e. The van der Waals surface area contributed by atoms with Crippen LogP contribution >= 0.6 is 11.8 Å². The molecule has 0 spiro atoms. The Labute approximate surface area is 116 Å². The van der Waals surface area contributed by atoms with Crippen molar-refractivity contribution in [2.45, 2.75) is 12.7 Å². The molecule has 2 aromatic rings. The average molecular weight is 270 g/mol. The molecule has 2 aromatic carbocycles. The lowest BCUT2D eigenvalue weighted by molar-refractivity contribution is -0.109. The first-order valence-electron chi connectivity index (χ1n) is 5.99. The number of hydrogen-bond acceptors (Lipinski definition) is 3. The van der Waals surface area contributed by atoms with Crippen molar-refractivity contribution in [1.29, 1.82) is 0 Å². The maximum atomic E-state index is 12.4. The highest BCUT2D eigenvalue weighted by atomic mass is 32.2. The van der Waals surface area contributed by atoms with Gasteiger partial charge in [0.15, 0.2) is 10.9 Å². The van der Waals surface area contributed by atoms with Crippen molar-refractivity contribution in [3.63, 3.8) is 0 Å². The maximum Gasteiger partial charge on any atom is 0.193 e. The Hall–Kier alpha value is -1.87. The first-order chi connectivity index (χ1) is 9.18. The molecule has 0 aliphatic rings. The van der Waals surface area contributed by atoms with Crippen molar-refractivity contribution in [3.05, 3.63) is 71.3 Å². The van der Waals surface area contributed by atoms with Crippen LogP contribution in [0.2, 0.25) is 0 Å². The number of rotatable bonds is 4. The molecule has 0 aromatic heterocycles. The molecular weight excluding hydrogens is 256 g/mol. The highest BCUT2D eigenvalue weighted by Gasteiger charge is 2.13. The van der Waals surface area contributed by atoms with E-state index in [4.69, 9.17) is 0 Å². The van der Waals surface area contributed by atoms with Gasteiger partial charge in [-0.05, 0) is 5.56 Å². The van der Waals surface area contributed by atoms with Crippen LogP contribution in [-0.4, -0.2) is 10.9 Å². The molecule has 0 bridgehead atoms. The third-order valence-electron chi connectivity index (χ3n) is 2.73. The van der Waals surface area contributed by atoms with Gasteiger partial charge >= 0.3 is 0 Å². The number of carbonyl (C=O) groups excluding carboxylic acids is 2. The Morgan fingerprint density at radius 2 is 1.58 bits per heavy atom. The van der Waals surface area contributed by atoms with Crippen molar-refractivity contribution in [2.75, 3.05) is 0 Å². The molecule has 3 heteroatoms. The van der Waals surface area contributed by atoms with E-state index >= 15 is 0 Å². The molecule has 0 N–H and O–H groups in total. The molecule has 0 radical (unpaired) electrons. The van der Waals surface area contributed by atoms with Gasteiger partial charge in [-0.1, -0.05) is 66.4 Å². The zero-order valence-corrected chi connectivity index (χ0v) is 11.4. The molecule has 19 heavy (non-hydrogen) atoms. The van der Waals surface area contributed by atoms with Crippen LogP contribution in [0.25, 0.3) is 0 Å². The fraction of sp³-hybridized carbons (Fsp3) is 0.125. The Bertz CT molecular complexity index is 591. The summed E-state index contributed by atoms with van der Waals surface area (Å²) in [5.41, 5.74) is 2.24. The van der Waals surface area contributed by atoms with Crippen LogP contribution in [0.15, 0.2) is 54.6 Å². The Kier molecular flexibility index (Phi) is 4.53. The topological polar surface area (TPSA) is 34.1 Å². The molecule has 0 aliphatic carbocycles. The SMILES string of the molecule is CC(=O)SCc1ccccc1C(=O)c1ccccc1. The number of benzene rings is 2. The van der Waals surface area contributed by atoms with Crippen molar-refractivity contribution in [1.82, 2.24) is 0 Å². The van der Waals surface area contributed by atoms with Gasteiger partial charge in [0.05, 0.1) is 0 Å². The van der Waals surface area contributed by atoms with Crippen molar-refractivity contribution >= 4 is 22.7 Å². The summed E-state index contributed by atoms with van der Waals surface area (Å²) in [7, 11) is 0. The summed E-state index contributed by atoms with van der Waals surface area (Å²) in [4.78, 5) is 23.5. The van der Waals surface area contributed by atoms with E-state index in [-0.39, 0.29) is 10.9 Å². The molecule has 0 saturated heterocycles. The lowest BCUT2D eigenvalue weighted by atomic mass is 9.99. The predicted octanol–water partition coefficient (Wildman–Crippen LogP) is 3.70. The van der Waals surface area contributed by atoms with Gasteiger partial charge in [-0.3, -0.25) is 9.59 Å². The lowest BCUT2D eigenvalue weighted by Gasteiger charge is -2.07. The minimum absolute atomic E-state index is 0.000326. The van der Waals surface area contributed by atoms with E-state index in [1.54, 1.807) is 12.1 Å². The van der Waals surface area contributed by atoms with Gasteiger partial charge in [-0.2, -0.15) is 0 Å². The fourth-order valence-corrected chi connectivity index (χ4v) is 2.40. The van der Waals surface area contributed by atoms with E-state index in [2.05, 4.69) is 0 Å². The normalized spacial score (nSPS) is 10.2. The summed E-state index contributed by atoms with van der Waals surface area (Å²) in [5, 5.41) is 0.0574. The van der Waals surface area contributed by atoms with E-state index in [0.717, 1.165) is 5.56 Å². The summed E-state index contributed by atoms with van der Waals surface area (Å²) in [6.07, 6.45) is 0. The van der Waals surface area contributed by atoms with Crippen LogP contribution in [0.3, 0.4) is 0 Å². The standard InChI is InChI=1S/C16H14O2S/c1-12(17)19-11-14-9-5-6-10-15(14)16(18)13-7-3-2-4-8-13/h2-10H,11H2,1H3. The Morgan fingerprint density at radius 1 is 0.947 bits per heavy atom. The fourth-order valence-electron chi connectivity index (χ4n) is 1.79. The third kappa shape index (κ3) is 3.55. The van der Waals surface area contributed by atoms with E-state index in [1.807, 2.05) is 42.5 Å². The molecule has 0 aliphatic heterocycles. The monoisotopic (exact) mass is 270 g/mol. The zero-order valence-electron chi connectivity index (χ0n) is 10.6. The van der Waals surface area contributed by atoms with Crippen LogP contribution in [0.1, 0.15) is 28.4 Å². The van der Waals surface area contributed by atoms with Gasteiger partial charge in [-0.15, -0.1) is 0 Å². The lowest BCUT2D eigenvalue weighted by Crippen LogP contribution is -2.05. The summed E-state index contributed by atoms with van der Waals surface area (Å²) in [6.45, 7) is 1.53. The molecule has 0 unspecified atom stereocenters. The van der Waals surface area contributed by atoms with E-state index in [1.165, 1.54) is 18.7 Å². The van der Waals surface area contributed by atoms with Gasteiger partial charge in [0.1, 0.15) is 0 Å². The molecule has 96 valence electrons. The Morgan fingerprint density at radius 3 is 2.26 bits per heavy atom. The quantitative estimate of drug-likeness (QED) is 0.794. The molecule has 0 heterocycles. The number of ketones is 1. The van der Waals surface area contributed by atoms with Crippen LogP contribution < -0.4 is 0 Å². The first-order valence-corrected chi connectivity index (χ1v) is 6.98. The first kappa shape index (κ1) is 13.6. The molecular formula is C16H14O2S. The molecule has 2 nitrogen and oxygen atoms in total. The number of thioether (sulfide) groups is 1. The van der Waals surface area contributed by atoms with Crippen molar-refractivity contribution in [2.24, 2.45) is 0 Å². The van der Waals surface area contributed by atoms with E-state index in [9.17, 15) is 9.59 Å². The van der Waals surface area contributed by atoms with Crippen molar-refractivity contribution in [3.8, 4) is 0 Å². The van der Waals surface area contributed by atoms with E-state index in [0.29, 0.717) is 16.9 Å². The molecule has 2 rings (SSSR count). The smallest absolute Gasteiger partial charge is 0.193 e. The average Bonchev–Trinajstić information content (AvgIpc) is 2.45. The summed E-state index contributed by atoms with van der Waals surface area (Å²) < 4.78 is 0. The highest BCUT2D eigenvalue weighted by Crippen LogP contribution is 2.20. The molecule has 0 amide bonds. The number of carbonyl (C=O) groups is 2. The van der Waals surface area contributed by atoms with Crippen LogP contribution in [0.5, 0.6) is 0 Å². The van der Waals surface area contributed by atoms with Crippen LogP contribution in [0.4, 0.5) is 0 Å². The third-order valence-corrected chi connectivity index (χ3v) is 3.59. The number of hydrogen-bond donors (Lipinski definition) is 0. The summed E-state index contributed by atoms with van der Waals surface area (Å²) in [6, 6.07) is 16.6. The second kappa shape index (κ2) is 6.34. The maximum absolute atomic E-state index is 12.4. The molecule has 0 fully saturated rings. The summed E-state index contributed by atoms with van der Waals surface area (Å²) >= 11 is 1.22. The molecule has 0 atom stereocenters. The van der Waals surface area contributed by atoms with Crippen LogP contribution in [-0.2, 0) is 10.5 Å². The highest BCUT2D eigenvalue weighted by molar-refractivity contribution is 8.12. The minimum atomic E-state index is 0.000326. The molecule has 0 saturated carbocycles. The van der Waals surface area contributed by atoms with Crippen molar-refractivity contribution < 1.29 is 9.59 Å². The van der Waals surface area contributed by atoms with Gasteiger partial charge < -0.3 is 0 Å². The minimum Gasteiger partial charge on any atom is -0.289 e. The second-order valence-corrected chi connectivity index (χ2v) is 5.28. The predicted molar refractivity (Wildman–Crippen MR) is 78.3 cm³/mol. The zero-order chi connectivity index (χ0) is 13.7. The Balaban J connectivity index is 2.29. The van der Waals surface area contributed by atoms with Gasteiger partial charge in [0, 0.05) is 23.8 Å². The summed E-state index contributed by atoms with van der Waals surface area (Å²) in [5.74, 6) is 0.532. The van der Waals surface area contributed by atoms with Gasteiger partial charge in [-0.25, -0.2) is 0 Å².